The molecule has 1 aromatic carbocycles. The summed E-state index contributed by atoms with van der Waals surface area (Å²) >= 11 is 5.14. The molecule has 9 nitrogen and oxygen atoms in total. The van der Waals surface area contributed by atoms with Crippen molar-refractivity contribution in [3.05, 3.63) is 56.5 Å². The average molecular weight is 329 g/mol. The molecule has 0 unspecified atom stereocenters. The number of nitro groups is 1. The maximum atomic E-state index is 11.0. The van der Waals surface area contributed by atoms with Crippen molar-refractivity contribution in [1.82, 2.24) is 25.1 Å². The van der Waals surface area contributed by atoms with E-state index in [0.29, 0.717) is 17.1 Å². The van der Waals surface area contributed by atoms with Gasteiger partial charge in [-0.1, -0.05) is 12.1 Å². The van der Waals surface area contributed by atoms with E-state index in [4.69, 9.17) is 12.2 Å². The number of rotatable bonds is 4. The van der Waals surface area contributed by atoms with E-state index in [0.717, 1.165) is 5.69 Å². The lowest BCUT2D eigenvalue weighted by molar-refractivity contribution is -0.385. The minimum Gasteiger partial charge on any atom is -0.282 e. The molecule has 3 rings (SSSR count). The summed E-state index contributed by atoms with van der Waals surface area (Å²) in [4.78, 5) is 10.6. The number of nitrogens with zero attached hydrogens (tertiary/aromatic N) is 5. The summed E-state index contributed by atoms with van der Waals surface area (Å²) in [6, 6.07) is 8.09. The molecular formula is C13H11N7O2S. The monoisotopic (exact) mass is 329 g/mol. The lowest BCUT2D eigenvalue weighted by atomic mass is 10.2. The van der Waals surface area contributed by atoms with Crippen molar-refractivity contribution in [3.63, 3.8) is 0 Å². The second kappa shape index (κ2) is 5.93. The van der Waals surface area contributed by atoms with Crippen molar-refractivity contribution in [2.24, 2.45) is 5.10 Å². The summed E-state index contributed by atoms with van der Waals surface area (Å²) in [6.07, 6.45) is 1.37. The molecule has 116 valence electrons. The summed E-state index contributed by atoms with van der Waals surface area (Å²) in [5.74, 6) is 0.411. The zero-order valence-corrected chi connectivity index (χ0v) is 12.7. The van der Waals surface area contributed by atoms with Gasteiger partial charge in [0.05, 0.1) is 16.7 Å². The molecule has 23 heavy (non-hydrogen) atoms. The third-order valence-corrected chi connectivity index (χ3v) is 3.30. The van der Waals surface area contributed by atoms with Gasteiger partial charge in [0.2, 0.25) is 10.6 Å². The van der Waals surface area contributed by atoms with Gasteiger partial charge >= 0.3 is 0 Å². The molecule has 0 amide bonds. The van der Waals surface area contributed by atoms with Gasteiger partial charge in [-0.2, -0.15) is 20.0 Å². The molecule has 0 aliphatic heterocycles. The molecular weight excluding hydrogens is 318 g/mol. The summed E-state index contributed by atoms with van der Waals surface area (Å²) in [5, 5.41) is 28.9. The summed E-state index contributed by atoms with van der Waals surface area (Å²) in [6.45, 7) is 1.86. The maximum absolute atomic E-state index is 11.0. The third kappa shape index (κ3) is 2.92. The largest absolute Gasteiger partial charge is 0.282 e. The molecule has 0 aliphatic rings. The van der Waals surface area contributed by atoms with Crippen LogP contribution in [0.1, 0.15) is 11.3 Å². The lowest BCUT2D eigenvalue weighted by Gasteiger charge is -1.98. The number of para-hydroxylation sites is 1. The second-order valence-corrected chi connectivity index (χ2v) is 5.05. The third-order valence-electron chi connectivity index (χ3n) is 3.03. The van der Waals surface area contributed by atoms with Gasteiger partial charge in [0.25, 0.3) is 5.69 Å². The Hall–Kier alpha value is -3.14. The number of hydrogen-bond acceptors (Lipinski definition) is 6. The Labute approximate surface area is 134 Å². The SMILES string of the molecule is Cc1cc(-c2n[nH]c(=S)n2/N=C/c2ccccc2[N+](=O)[O-])n[nH]1. The Morgan fingerprint density at radius 3 is 2.83 bits per heavy atom. The van der Waals surface area contributed by atoms with E-state index in [1.54, 1.807) is 24.3 Å². The zero-order chi connectivity index (χ0) is 16.4. The molecule has 0 fully saturated rings. The van der Waals surface area contributed by atoms with Gasteiger partial charge in [-0.05, 0) is 31.3 Å². The van der Waals surface area contributed by atoms with Crippen LogP contribution in [0.3, 0.4) is 0 Å². The van der Waals surface area contributed by atoms with Crippen molar-refractivity contribution in [1.29, 1.82) is 0 Å². The van der Waals surface area contributed by atoms with Gasteiger partial charge in [0.1, 0.15) is 5.69 Å². The Bertz CT molecular complexity index is 953. The van der Waals surface area contributed by atoms with Crippen molar-refractivity contribution >= 4 is 24.1 Å². The second-order valence-electron chi connectivity index (χ2n) is 4.66. The van der Waals surface area contributed by atoms with Crippen LogP contribution in [0.2, 0.25) is 0 Å². The van der Waals surface area contributed by atoms with Crippen LogP contribution in [0, 0.1) is 21.8 Å². The van der Waals surface area contributed by atoms with Gasteiger partial charge in [0.15, 0.2) is 0 Å². The lowest BCUT2D eigenvalue weighted by Crippen LogP contribution is -1.98. The van der Waals surface area contributed by atoms with Crippen LogP contribution < -0.4 is 0 Å². The molecule has 0 atom stereocenters. The number of aryl methyl sites for hydroxylation is 1. The zero-order valence-electron chi connectivity index (χ0n) is 11.9. The van der Waals surface area contributed by atoms with Crippen LogP contribution in [0.4, 0.5) is 5.69 Å². The van der Waals surface area contributed by atoms with E-state index in [1.165, 1.54) is 17.0 Å². The van der Waals surface area contributed by atoms with Crippen LogP contribution in [0.5, 0.6) is 0 Å². The first kappa shape index (κ1) is 14.8. The molecule has 2 aromatic heterocycles. The fourth-order valence-electron chi connectivity index (χ4n) is 1.98. The molecule has 0 aliphatic carbocycles. The molecule has 2 heterocycles. The molecule has 0 radical (unpaired) electrons. The Morgan fingerprint density at radius 2 is 2.13 bits per heavy atom. The summed E-state index contributed by atoms with van der Waals surface area (Å²) < 4.78 is 1.62. The molecule has 3 aromatic rings. The average Bonchev–Trinajstić information content (AvgIpc) is 3.11. The van der Waals surface area contributed by atoms with Gasteiger partial charge in [0, 0.05) is 11.8 Å². The highest BCUT2D eigenvalue weighted by Crippen LogP contribution is 2.17. The number of H-pyrrole nitrogens is 2. The number of nitrogens with one attached hydrogen (secondary N) is 2. The van der Waals surface area contributed by atoms with Gasteiger partial charge < -0.3 is 0 Å². The van der Waals surface area contributed by atoms with E-state index in [1.807, 2.05) is 6.92 Å². The highest BCUT2D eigenvalue weighted by atomic mass is 32.1. The van der Waals surface area contributed by atoms with Gasteiger partial charge in [-0.3, -0.25) is 15.2 Å². The molecule has 10 heteroatoms. The maximum Gasteiger partial charge on any atom is 0.278 e. The van der Waals surface area contributed by atoms with E-state index >= 15 is 0 Å². The molecule has 0 saturated heterocycles. The predicted octanol–water partition coefficient (Wildman–Crippen LogP) is 2.43. The van der Waals surface area contributed by atoms with Gasteiger partial charge in [-0.15, -0.1) is 0 Å². The number of benzene rings is 1. The quantitative estimate of drug-likeness (QED) is 0.330. The van der Waals surface area contributed by atoms with E-state index < -0.39 is 4.92 Å². The Kier molecular flexibility index (Phi) is 3.81. The number of hydrogen-bond donors (Lipinski definition) is 2. The fourth-order valence-corrected chi connectivity index (χ4v) is 2.16. The molecule has 2 N–H and O–H groups in total. The topological polar surface area (TPSA) is 118 Å². The highest BCUT2D eigenvalue weighted by Gasteiger charge is 2.13. The first-order valence-electron chi connectivity index (χ1n) is 6.54. The molecule has 0 saturated carbocycles. The predicted molar refractivity (Wildman–Crippen MR) is 85.8 cm³/mol. The van der Waals surface area contributed by atoms with Crippen LogP contribution in [-0.2, 0) is 0 Å². The standard InChI is InChI=1S/C13H11N7O2S/c1-8-6-10(16-15-8)12-17-18-13(23)19(12)14-7-9-4-2-3-5-11(9)20(21)22/h2-7H,1H3,(H,15,16)(H,18,23)/b14-7+. The minimum atomic E-state index is -0.464. The molecule has 0 bridgehead atoms. The van der Waals surface area contributed by atoms with E-state index in [9.17, 15) is 10.1 Å². The smallest absolute Gasteiger partial charge is 0.278 e. The van der Waals surface area contributed by atoms with Crippen molar-refractivity contribution in [3.8, 4) is 11.5 Å². The summed E-state index contributed by atoms with van der Waals surface area (Å²) in [7, 11) is 0. The normalized spacial score (nSPS) is 11.2. The van der Waals surface area contributed by atoms with Crippen LogP contribution in [0.25, 0.3) is 11.5 Å². The number of aromatic nitrogens is 5. The Balaban J connectivity index is 2.03. The number of nitro benzene ring substituents is 1. The van der Waals surface area contributed by atoms with Crippen LogP contribution >= 0.6 is 12.2 Å². The number of aromatic amines is 2. The first-order chi connectivity index (χ1) is 11.1. The van der Waals surface area contributed by atoms with E-state index in [2.05, 4.69) is 25.5 Å². The van der Waals surface area contributed by atoms with E-state index in [-0.39, 0.29) is 10.5 Å². The van der Waals surface area contributed by atoms with Crippen molar-refractivity contribution < 1.29 is 4.92 Å². The van der Waals surface area contributed by atoms with Crippen LogP contribution in [-0.4, -0.2) is 36.2 Å². The Morgan fingerprint density at radius 1 is 1.35 bits per heavy atom. The van der Waals surface area contributed by atoms with Crippen LogP contribution in [0.15, 0.2) is 35.4 Å². The summed E-state index contributed by atoms with van der Waals surface area (Å²) in [5.41, 5.74) is 1.76. The highest BCUT2D eigenvalue weighted by molar-refractivity contribution is 7.71. The van der Waals surface area contributed by atoms with Crippen molar-refractivity contribution in [2.75, 3.05) is 0 Å². The fraction of sp³-hybridized carbons (Fsp3) is 0.0769. The molecule has 0 spiro atoms. The van der Waals surface area contributed by atoms with Gasteiger partial charge in [-0.25, -0.2) is 5.10 Å². The first-order valence-corrected chi connectivity index (χ1v) is 6.94. The minimum absolute atomic E-state index is 0.0385. The van der Waals surface area contributed by atoms with Crippen molar-refractivity contribution in [2.45, 2.75) is 6.92 Å².